The summed E-state index contributed by atoms with van der Waals surface area (Å²) in [6.45, 7) is 2.35. The van der Waals surface area contributed by atoms with Gasteiger partial charge in [-0.15, -0.1) is 0 Å². The molecule has 13 heteroatoms. The minimum atomic E-state index is -2.84. The van der Waals surface area contributed by atoms with Gasteiger partial charge >= 0.3 is 11.6 Å². The molecule has 13 nitrogen and oxygen atoms in total. The molecule has 1 aromatic carbocycles. The third-order valence-corrected chi connectivity index (χ3v) is 5.36. The lowest BCUT2D eigenvalue weighted by Gasteiger charge is -2.44. The zero-order chi connectivity index (χ0) is 24.5. The quantitative estimate of drug-likeness (QED) is 0.230. The number of aliphatic carboxylic acids is 1. The summed E-state index contributed by atoms with van der Waals surface area (Å²) in [5.41, 5.74) is 0.408. The van der Waals surface area contributed by atoms with Gasteiger partial charge < -0.3 is 50.9 Å². The fraction of sp³-hybridized carbons (Fsp3) is 0.476. The van der Waals surface area contributed by atoms with Crippen LogP contribution < -0.4 is 21.8 Å². The molecule has 1 aliphatic rings. The molecule has 188 valence electrons. The van der Waals surface area contributed by atoms with Crippen molar-refractivity contribution in [2.45, 2.75) is 56.5 Å². The van der Waals surface area contributed by atoms with Crippen LogP contribution in [-0.4, -0.2) is 80.3 Å². The Morgan fingerprint density at radius 1 is 1.29 bits per heavy atom. The molecule has 0 spiro atoms. The Kier molecular flexibility index (Phi) is 8.36. The van der Waals surface area contributed by atoms with Crippen LogP contribution in [0.5, 0.6) is 5.75 Å². The Morgan fingerprint density at radius 2 is 1.97 bits per heavy atom. The Labute approximate surface area is 193 Å². The van der Waals surface area contributed by atoms with Crippen molar-refractivity contribution in [3.63, 3.8) is 0 Å². The van der Waals surface area contributed by atoms with E-state index in [-0.39, 0.29) is 17.5 Å². The van der Waals surface area contributed by atoms with Crippen molar-refractivity contribution in [3.8, 4) is 5.75 Å². The summed E-state index contributed by atoms with van der Waals surface area (Å²) in [6.07, 6.45) is -7.61. The molecule has 0 saturated carbocycles. The predicted octanol–water partition coefficient (Wildman–Crippen LogP) is -1.21. The molecule has 0 aliphatic carbocycles. The zero-order valence-corrected chi connectivity index (χ0v) is 18.5. The van der Waals surface area contributed by atoms with E-state index in [1.54, 1.807) is 19.1 Å². The number of hydrogen-bond donors (Lipinski definition) is 7. The highest BCUT2D eigenvalue weighted by Crippen LogP contribution is 2.31. The topological polar surface area (TPSA) is 231 Å². The van der Waals surface area contributed by atoms with Crippen LogP contribution in [0.3, 0.4) is 0 Å². The second kappa shape index (κ2) is 10.5. The van der Waals surface area contributed by atoms with Gasteiger partial charge in [0.15, 0.2) is 0 Å². The Morgan fingerprint density at radius 3 is 2.59 bits per heavy atom. The fourth-order valence-electron chi connectivity index (χ4n) is 3.70. The zero-order valence-electron chi connectivity index (χ0n) is 18.5. The van der Waals surface area contributed by atoms with Gasteiger partial charge in [0, 0.05) is 30.9 Å². The van der Waals surface area contributed by atoms with E-state index < -0.39 is 66.8 Å². The Bertz CT molecular complexity index is 1100. The van der Waals surface area contributed by atoms with Gasteiger partial charge in [-0.25, -0.2) is 9.59 Å². The maximum Gasteiger partial charge on any atom is 0.364 e. The number of carboxylic acids is 1. The molecule has 34 heavy (non-hydrogen) atoms. The highest BCUT2D eigenvalue weighted by atomic mass is 16.7. The number of amides is 1. The third kappa shape index (κ3) is 5.70. The number of hydrogen-bond acceptors (Lipinski definition) is 11. The van der Waals surface area contributed by atoms with Crippen LogP contribution >= 0.6 is 0 Å². The van der Waals surface area contributed by atoms with Crippen molar-refractivity contribution >= 4 is 22.8 Å². The monoisotopic (exact) mass is 484 g/mol. The molecule has 1 saturated heterocycles. The molecule has 6 unspecified atom stereocenters. The van der Waals surface area contributed by atoms with E-state index in [2.05, 4.69) is 5.32 Å². The molecule has 2 aromatic rings. The molecule has 1 amide bonds. The van der Waals surface area contributed by atoms with Crippen molar-refractivity contribution in [1.29, 1.82) is 0 Å². The maximum absolute atomic E-state index is 11.6. The smallest absolute Gasteiger partial charge is 0.364 e. The number of carbonyl (C=O) groups is 2. The lowest BCUT2D eigenvalue weighted by Crippen LogP contribution is -2.67. The first-order valence-electron chi connectivity index (χ1n) is 10.0. The minimum absolute atomic E-state index is 0. The van der Waals surface area contributed by atoms with Crippen LogP contribution in [0, 0.1) is 6.92 Å². The summed E-state index contributed by atoms with van der Waals surface area (Å²) >= 11 is 0. The Balaban J connectivity index is 0.00000408. The molecule has 6 atom stereocenters. The van der Waals surface area contributed by atoms with Gasteiger partial charge in [-0.1, -0.05) is 0 Å². The maximum atomic E-state index is 11.6. The molecular formula is C21H28N2O11. The van der Waals surface area contributed by atoms with Crippen molar-refractivity contribution in [3.05, 3.63) is 40.2 Å². The molecule has 3 rings (SSSR count). The van der Waals surface area contributed by atoms with Crippen molar-refractivity contribution in [2.24, 2.45) is 0 Å². The lowest BCUT2D eigenvalue weighted by molar-refractivity contribution is -0.294. The van der Waals surface area contributed by atoms with E-state index in [1.165, 1.54) is 12.1 Å². The van der Waals surface area contributed by atoms with E-state index in [0.29, 0.717) is 10.9 Å². The number of rotatable bonds is 7. The number of aryl methyl sites for hydroxylation is 1. The van der Waals surface area contributed by atoms with Crippen LogP contribution in [0.25, 0.3) is 11.0 Å². The van der Waals surface area contributed by atoms with E-state index >= 15 is 0 Å². The number of fused-ring (bicyclic) bond motifs is 1. The molecule has 0 radical (unpaired) electrons. The number of aliphatic hydroxyl groups excluding tert-OH is 3. The Hall–Kier alpha value is -3.07. The SMILES string of the molecule is CC(=O)NC1C(O)CC(O)(C(=O)O)OC1C(O)C(O)COc1ccc2c(C)cc(=O)oc2c1.N. The van der Waals surface area contributed by atoms with Crippen LogP contribution in [0.2, 0.25) is 0 Å². The van der Waals surface area contributed by atoms with Gasteiger partial charge in [0.2, 0.25) is 5.91 Å². The number of nitrogens with one attached hydrogen (secondary N) is 1. The average molecular weight is 484 g/mol. The number of ether oxygens (including phenoxy) is 2. The van der Waals surface area contributed by atoms with Crippen LogP contribution in [0.4, 0.5) is 0 Å². The van der Waals surface area contributed by atoms with Gasteiger partial charge in [0.05, 0.1) is 12.1 Å². The number of aliphatic hydroxyl groups is 4. The molecule has 1 aromatic heterocycles. The molecule has 0 bridgehead atoms. The van der Waals surface area contributed by atoms with Crippen molar-refractivity contribution in [2.75, 3.05) is 6.61 Å². The van der Waals surface area contributed by atoms with Gasteiger partial charge in [0.25, 0.3) is 5.79 Å². The van der Waals surface area contributed by atoms with Gasteiger partial charge in [-0.2, -0.15) is 0 Å². The van der Waals surface area contributed by atoms with E-state index in [0.717, 1.165) is 6.92 Å². The molecule has 1 aliphatic heterocycles. The van der Waals surface area contributed by atoms with E-state index in [1.807, 2.05) is 0 Å². The van der Waals surface area contributed by atoms with Gasteiger partial charge in [-0.3, -0.25) is 4.79 Å². The molecule has 9 N–H and O–H groups in total. The average Bonchev–Trinajstić information content (AvgIpc) is 2.72. The number of benzene rings is 1. The lowest BCUT2D eigenvalue weighted by atomic mass is 9.88. The van der Waals surface area contributed by atoms with E-state index in [9.17, 15) is 39.9 Å². The largest absolute Gasteiger partial charge is 0.491 e. The van der Waals surface area contributed by atoms with Crippen LogP contribution in [0.1, 0.15) is 18.9 Å². The van der Waals surface area contributed by atoms with E-state index in [4.69, 9.17) is 13.9 Å². The number of carboxylic acid groups (broad SMARTS) is 1. The summed E-state index contributed by atoms with van der Waals surface area (Å²) in [5.74, 6) is -5.06. The second-order valence-electron chi connectivity index (χ2n) is 7.95. The second-order valence-corrected chi connectivity index (χ2v) is 7.95. The van der Waals surface area contributed by atoms with Crippen molar-refractivity contribution in [1.82, 2.24) is 11.5 Å². The summed E-state index contributed by atoms with van der Waals surface area (Å²) in [7, 11) is 0. The summed E-state index contributed by atoms with van der Waals surface area (Å²) < 4.78 is 15.7. The van der Waals surface area contributed by atoms with Crippen molar-refractivity contribution < 1.29 is 49.0 Å². The highest BCUT2D eigenvalue weighted by Gasteiger charge is 2.53. The van der Waals surface area contributed by atoms with Crippen LogP contribution in [-0.2, 0) is 14.3 Å². The van der Waals surface area contributed by atoms with Gasteiger partial charge in [0.1, 0.15) is 36.3 Å². The first kappa shape index (κ1) is 27.2. The fourth-order valence-corrected chi connectivity index (χ4v) is 3.70. The number of carbonyl (C=O) groups excluding carboxylic acids is 1. The first-order chi connectivity index (χ1) is 15.4. The predicted molar refractivity (Wildman–Crippen MR) is 115 cm³/mol. The molecular weight excluding hydrogens is 456 g/mol. The standard InChI is InChI=1S/C21H25NO11.H3N/c1-9-5-16(26)32-15-6-11(3-4-12(9)15)31-8-14(25)18(27)19-17(22-10(2)23)13(24)7-21(30,33-19)20(28)29;/h3-6,13-14,17-19,24-25,27,30H,7-8H2,1-2H3,(H,22,23)(H,28,29);1H3. The summed E-state index contributed by atoms with van der Waals surface area (Å²) in [6, 6.07) is 4.65. The van der Waals surface area contributed by atoms with Crippen LogP contribution in [0.15, 0.2) is 33.5 Å². The normalized spacial score (nSPS) is 26.2. The summed E-state index contributed by atoms with van der Waals surface area (Å²) in [4.78, 5) is 34.5. The van der Waals surface area contributed by atoms with Gasteiger partial charge in [-0.05, 0) is 24.6 Å². The summed E-state index contributed by atoms with van der Waals surface area (Å²) in [5, 5.41) is 53.7. The third-order valence-electron chi connectivity index (χ3n) is 5.36. The minimum Gasteiger partial charge on any atom is -0.491 e. The molecule has 1 fully saturated rings. The first-order valence-corrected chi connectivity index (χ1v) is 10.0. The molecule has 2 heterocycles. The highest BCUT2D eigenvalue weighted by molar-refractivity contribution is 5.81.